The molecular weight excluding hydrogens is 288 g/mol. The Kier molecular flexibility index (Phi) is 5.92. The molecule has 2 aliphatic heterocycles. The van der Waals surface area contributed by atoms with Crippen LogP contribution < -0.4 is 5.32 Å². The van der Waals surface area contributed by atoms with Gasteiger partial charge < -0.3 is 15.0 Å². The van der Waals surface area contributed by atoms with Crippen molar-refractivity contribution in [3.8, 4) is 0 Å². The second-order valence-corrected chi connectivity index (χ2v) is 6.79. The summed E-state index contributed by atoms with van der Waals surface area (Å²) in [6.07, 6.45) is 6.54. The lowest BCUT2D eigenvalue weighted by molar-refractivity contribution is 0.0770. The molecule has 1 aromatic carbocycles. The van der Waals surface area contributed by atoms with Crippen LogP contribution in [-0.4, -0.2) is 43.3 Å². The van der Waals surface area contributed by atoms with Gasteiger partial charge in [0.15, 0.2) is 0 Å². The number of nitrogens with zero attached hydrogens (tertiary/aromatic N) is 1. The number of nitrogens with one attached hydrogen (secondary N) is 1. The van der Waals surface area contributed by atoms with E-state index in [1.807, 2.05) is 4.90 Å². The summed E-state index contributed by atoms with van der Waals surface area (Å²) in [7, 11) is 0. The van der Waals surface area contributed by atoms with Gasteiger partial charge in [-0.25, -0.2) is 4.79 Å². The number of amides is 2. The van der Waals surface area contributed by atoms with Crippen LogP contribution in [0, 0.1) is 5.92 Å². The molecule has 0 bridgehead atoms. The molecule has 2 fully saturated rings. The second-order valence-electron chi connectivity index (χ2n) is 6.79. The summed E-state index contributed by atoms with van der Waals surface area (Å²) >= 11 is 0. The van der Waals surface area contributed by atoms with Crippen LogP contribution in [0.4, 0.5) is 4.79 Å². The van der Waals surface area contributed by atoms with E-state index in [9.17, 15) is 4.79 Å². The highest BCUT2D eigenvalue weighted by molar-refractivity contribution is 5.74. The molecule has 2 heterocycles. The Hall–Kier alpha value is -1.55. The minimum absolute atomic E-state index is 0.124. The van der Waals surface area contributed by atoms with Gasteiger partial charge in [-0.2, -0.15) is 0 Å². The molecule has 3 rings (SSSR count). The van der Waals surface area contributed by atoms with E-state index in [-0.39, 0.29) is 6.03 Å². The third kappa shape index (κ3) is 4.96. The number of urea groups is 1. The molecule has 126 valence electrons. The van der Waals surface area contributed by atoms with Gasteiger partial charge in [0, 0.05) is 32.3 Å². The van der Waals surface area contributed by atoms with Crippen LogP contribution in [0.1, 0.15) is 37.7 Å². The molecule has 4 nitrogen and oxygen atoms in total. The molecule has 0 atom stereocenters. The zero-order chi connectivity index (χ0) is 15.9. The van der Waals surface area contributed by atoms with E-state index >= 15 is 0 Å². The van der Waals surface area contributed by atoms with Crippen LogP contribution in [0.5, 0.6) is 0 Å². The fraction of sp³-hybridized carbons (Fsp3) is 0.632. The largest absolute Gasteiger partial charge is 0.381 e. The van der Waals surface area contributed by atoms with Crippen molar-refractivity contribution < 1.29 is 9.53 Å². The molecule has 2 saturated heterocycles. The summed E-state index contributed by atoms with van der Waals surface area (Å²) in [5, 5.41) is 3.17. The predicted molar refractivity (Wildman–Crippen MR) is 91.4 cm³/mol. The molecule has 1 aromatic rings. The number of benzene rings is 1. The zero-order valence-corrected chi connectivity index (χ0v) is 13.9. The highest BCUT2D eigenvalue weighted by atomic mass is 16.5. The Morgan fingerprint density at radius 3 is 2.48 bits per heavy atom. The molecule has 0 radical (unpaired) electrons. The minimum Gasteiger partial charge on any atom is -0.381 e. The number of rotatable bonds is 4. The van der Waals surface area contributed by atoms with Crippen molar-refractivity contribution in [3.05, 3.63) is 35.9 Å². The molecular formula is C19H28N2O2. The minimum atomic E-state index is 0.124. The van der Waals surface area contributed by atoms with Crippen LogP contribution in [0.2, 0.25) is 0 Å². The van der Waals surface area contributed by atoms with Crippen LogP contribution in [0.25, 0.3) is 0 Å². The Bertz CT molecular complexity index is 477. The molecule has 23 heavy (non-hydrogen) atoms. The van der Waals surface area contributed by atoms with Crippen LogP contribution in [0.3, 0.4) is 0 Å². The molecule has 0 aromatic heterocycles. The predicted octanol–water partition coefficient (Wildman–Crippen LogP) is 3.22. The molecule has 0 spiro atoms. The summed E-state index contributed by atoms with van der Waals surface area (Å²) in [6, 6.07) is 11.1. The SMILES string of the molecule is O=C(NC1CCOCC1)N1CCC(CCc2ccccc2)CC1. The molecule has 4 heteroatoms. The average Bonchev–Trinajstić information content (AvgIpc) is 2.62. The number of piperidine rings is 1. The number of hydrogen-bond donors (Lipinski definition) is 1. The lowest BCUT2D eigenvalue weighted by Crippen LogP contribution is -2.49. The molecule has 0 aliphatic carbocycles. The lowest BCUT2D eigenvalue weighted by atomic mass is 9.90. The van der Waals surface area contributed by atoms with Gasteiger partial charge in [-0.3, -0.25) is 0 Å². The average molecular weight is 316 g/mol. The summed E-state index contributed by atoms with van der Waals surface area (Å²) in [5.41, 5.74) is 1.42. The van der Waals surface area contributed by atoms with Crippen molar-refractivity contribution in [1.29, 1.82) is 0 Å². The topological polar surface area (TPSA) is 41.6 Å². The zero-order valence-electron chi connectivity index (χ0n) is 13.9. The number of aryl methyl sites for hydroxylation is 1. The van der Waals surface area contributed by atoms with Crippen molar-refractivity contribution in [2.45, 2.75) is 44.6 Å². The molecule has 0 saturated carbocycles. The van der Waals surface area contributed by atoms with Gasteiger partial charge in [0.1, 0.15) is 0 Å². The maximum absolute atomic E-state index is 12.3. The van der Waals surface area contributed by atoms with E-state index in [1.54, 1.807) is 0 Å². The fourth-order valence-electron chi connectivity index (χ4n) is 3.55. The number of carbonyl (C=O) groups is 1. The van der Waals surface area contributed by atoms with Gasteiger partial charge in [-0.15, -0.1) is 0 Å². The van der Waals surface area contributed by atoms with E-state index in [0.29, 0.717) is 6.04 Å². The molecule has 0 unspecified atom stereocenters. The van der Waals surface area contributed by atoms with E-state index in [4.69, 9.17) is 4.74 Å². The van der Waals surface area contributed by atoms with Gasteiger partial charge in [0.05, 0.1) is 0 Å². The van der Waals surface area contributed by atoms with Crippen molar-refractivity contribution in [3.63, 3.8) is 0 Å². The van der Waals surface area contributed by atoms with Crippen molar-refractivity contribution in [2.75, 3.05) is 26.3 Å². The van der Waals surface area contributed by atoms with E-state index < -0.39 is 0 Å². The van der Waals surface area contributed by atoms with Gasteiger partial charge in [-0.05, 0) is 50.0 Å². The first-order valence-electron chi connectivity index (χ1n) is 8.98. The number of ether oxygens (including phenoxy) is 1. The Morgan fingerprint density at radius 2 is 1.78 bits per heavy atom. The standard InChI is InChI=1S/C19H28N2O2/c22-19(20-18-10-14-23-15-11-18)21-12-8-17(9-13-21)7-6-16-4-2-1-3-5-16/h1-5,17-18H,6-15H2,(H,20,22). The smallest absolute Gasteiger partial charge is 0.317 e. The third-order valence-electron chi connectivity index (χ3n) is 5.13. The summed E-state index contributed by atoms with van der Waals surface area (Å²) in [5.74, 6) is 0.752. The second kappa shape index (κ2) is 8.34. The number of hydrogen-bond acceptors (Lipinski definition) is 2. The van der Waals surface area contributed by atoms with E-state index in [0.717, 1.165) is 64.3 Å². The summed E-state index contributed by atoms with van der Waals surface area (Å²) in [4.78, 5) is 14.3. The molecule has 2 amide bonds. The monoisotopic (exact) mass is 316 g/mol. The van der Waals surface area contributed by atoms with Crippen LogP contribution >= 0.6 is 0 Å². The summed E-state index contributed by atoms with van der Waals surface area (Å²) in [6.45, 7) is 3.34. The van der Waals surface area contributed by atoms with E-state index in [1.165, 1.54) is 12.0 Å². The highest BCUT2D eigenvalue weighted by Gasteiger charge is 2.24. The molecule has 2 aliphatic rings. The molecule has 1 N–H and O–H groups in total. The first-order chi connectivity index (χ1) is 11.3. The van der Waals surface area contributed by atoms with Gasteiger partial charge in [0.2, 0.25) is 0 Å². The normalized spacial score (nSPS) is 20.4. The fourth-order valence-corrected chi connectivity index (χ4v) is 3.55. The Labute approximate surface area is 139 Å². The van der Waals surface area contributed by atoms with Crippen LogP contribution in [-0.2, 0) is 11.2 Å². The first-order valence-corrected chi connectivity index (χ1v) is 8.98. The number of likely N-dealkylation sites (tertiary alicyclic amines) is 1. The van der Waals surface area contributed by atoms with Gasteiger partial charge >= 0.3 is 6.03 Å². The first kappa shape index (κ1) is 16.3. The van der Waals surface area contributed by atoms with Gasteiger partial charge in [0.25, 0.3) is 0 Å². The van der Waals surface area contributed by atoms with Crippen LogP contribution in [0.15, 0.2) is 30.3 Å². The Morgan fingerprint density at radius 1 is 1.09 bits per heavy atom. The third-order valence-corrected chi connectivity index (χ3v) is 5.13. The van der Waals surface area contributed by atoms with Crippen molar-refractivity contribution in [1.82, 2.24) is 10.2 Å². The van der Waals surface area contributed by atoms with Crippen molar-refractivity contribution in [2.24, 2.45) is 5.92 Å². The van der Waals surface area contributed by atoms with E-state index in [2.05, 4.69) is 35.6 Å². The summed E-state index contributed by atoms with van der Waals surface area (Å²) < 4.78 is 5.34. The highest BCUT2D eigenvalue weighted by Crippen LogP contribution is 2.22. The number of carbonyl (C=O) groups excluding carboxylic acids is 1. The van der Waals surface area contributed by atoms with Crippen molar-refractivity contribution >= 4 is 6.03 Å². The Balaban J connectivity index is 1.37. The van der Waals surface area contributed by atoms with Gasteiger partial charge in [-0.1, -0.05) is 30.3 Å². The maximum atomic E-state index is 12.3. The quantitative estimate of drug-likeness (QED) is 0.926. The maximum Gasteiger partial charge on any atom is 0.317 e. The lowest BCUT2D eigenvalue weighted by Gasteiger charge is -2.34.